The van der Waals surface area contributed by atoms with Crippen LogP contribution in [0.25, 0.3) is 6.08 Å². The summed E-state index contributed by atoms with van der Waals surface area (Å²) in [6.07, 6.45) is 3.78. The molecule has 0 aromatic heterocycles. The topological polar surface area (TPSA) is 81.9 Å². The largest absolute Gasteiger partial charge is 0.487 e. The van der Waals surface area contributed by atoms with Gasteiger partial charge in [0.2, 0.25) is 0 Å². The van der Waals surface area contributed by atoms with E-state index in [1.54, 1.807) is 23.1 Å². The summed E-state index contributed by atoms with van der Waals surface area (Å²) >= 11 is 13.7. The standard InChI is InChI=1S/C22H18Br2N2O5S2/c23-17-8-14(10-19-21(27)25(22(32)33-19)11-16-5-2-6-30-16)9-18(24)20(17)31-12-13-3-1-4-15(7-13)26(28)29/h1,3-4,7-10,16H,2,5-6,11-12H2/b19-10-/t16-/m1/s1. The van der Waals surface area contributed by atoms with Gasteiger partial charge in [-0.05, 0) is 74.0 Å². The molecule has 1 amide bonds. The van der Waals surface area contributed by atoms with Crippen LogP contribution in [0.4, 0.5) is 5.69 Å². The van der Waals surface area contributed by atoms with Crippen molar-refractivity contribution in [2.75, 3.05) is 13.2 Å². The van der Waals surface area contributed by atoms with Crippen LogP contribution in [-0.4, -0.2) is 39.3 Å². The molecule has 2 aliphatic heterocycles. The van der Waals surface area contributed by atoms with Crippen LogP contribution < -0.4 is 4.74 Å². The van der Waals surface area contributed by atoms with Crippen LogP contribution in [-0.2, 0) is 16.1 Å². The molecule has 2 aliphatic rings. The number of amides is 1. The molecule has 33 heavy (non-hydrogen) atoms. The Labute approximate surface area is 216 Å². The summed E-state index contributed by atoms with van der Waals surface area (Å²) in [5.74, 6) is 0.448. The summed E-state index contributed by atoms with van der Waals surface area (Å²) in [5.41, 5.74) is 1.50. The van der Waals surface area contributed by atoms with Crippen molar-refractivity contribution in [3.63, 3.8) is 0 Å². The zero-order valence-corrected chi connectivity index (χ0v) is 22.0. The number of nitro benzene ring substituents is 1. The minimum Gasteiger partial charge on any atom is -0.487 e. The molecule has 2 saturated heterocycles. The molecular formula is C22H18Br2N2O5S2. The number of thioether (sulfide) groups is 1. The fraction of sp³-hybridized carbons (Fsp3) is 0.273. The molecule has 0 N–H and O–H groups in total. The number of ether oxygens (including phenoxy) is 2. The number of carbonyl (C=O) groups excluding carboxylic acids is 1. The Hall–Kier alpha value is -1.79. The van der Waals surface area contributed by atoms with Gasteiger partial charge in [-0.15, -0.1) is 0 Å². The molecule has 2 aromatic carbocycles. The van der Waals surface area contributed by atoms with Gasteiger partial charge in [0.05, 0.1) is 31.4 Å². The lowest BCUT2D eigenvalue weighted by Gasteiger charge is -2.18. The van der Waals surface area contributed by atoms with Crippen LogP contribution >= 0.6 is 55.8 Å². The Balaban J connectivity index is 1.47. The van der Waals surface area contributed by atoms with Crippen molar-refractivity contribution in [2.24, 2.45) is 0 Å². The maximum absolute atomic E-state index is 12.9. The van der Waals surface area contributed by atoms with Crippen LogP contribution in [0.1, 0.15) is 24.0 Å². The zero-order valence-electron chi connectivity index (χ0n) is 17.2. The average Bonchev–Trinajstić information content (AvgIpc) is 3.37. The lowest BCUT2D eigenvalue weighted by Crippen LogP contribution is -2.35. The molecule has 0 bridgehead atoms. The molecule has 2 heterocycles. The van der Waals surface area contributed by atoms with Crippen LogP contribution in [0, 0.1) is 10.1 Å². The number of thiocarbonyl (C=S) groups is 1. The summed E-state index contributed by atoms with van der Waals surface area (Å²) in [6.45, 7) is 1.38. The molecular weight excluding hydrogens is 596 g/mol. The van der Waals surface area contributed by atoms with Crippen molar-refractivity contribution in [2.45, 2.75) is 25.6 Å². The quantitative estimate of drug-likeness (QED) is 0.162. The normalized spacial score (nSPS) is 19.5. The van der Waals surface area contributed by atoms with Gasteiger partial charge < -0.3 is 9.47 Å². The van der Waals surface area contributed by atoms with Gasteiger partial charge in [-0.1, -0.05) is 36.1 Å². The van der Waals surface area contributed by atoms with E-state index < -0.39 is 4.92 Å². The summed E-state index contributed by atoms with van der Waals surface area (Å²) in [4.78, 5) is 25.6. The van der Waals surface area contributed by atoms with E-state index in [1.165, 1.54) is 23.9 Å². The van der Waals surface area contributed by atoms with Crippen molar-refractivity contribution in [1.29, 1.82) is 0 Å². The predicted molar refractivity (Wildman–Crippen MR) is 138 cm³/mol. The molecule has 172 valence electrons. The highest BCUT2D eigenvalue weighted by atomic mass is 79.9. The Morgan fingerprint density at radius 2 is 2.06 bits per heavy atom. The van der Waals surface area contributed by atoms with Crippen LogP contribution in [0.3, 0.4) is 0 Å². The highest BCUT2D eigenvalue weighted by Gasteiger charge is 2.34. The van der Waals surface area contributed by atoms with E-state index in [1.807, 2.05) is 12.1 Å². The Kier molecular flexibility index (Phi) is 7.85. The van der Waals surface area contributed by atoms with Gasteiger partial charge in [0, 0.05) is 18.7 Å². The minimum atomic E-state index is -0.437. The minimum absolute atomic E-state index is 0.0152. The van der Waals surface area contributed by atoms with Crippen molar-refractivity contribution < 1.29 is 19.2 Å². The van der Waals surface area contributed by atoms with Crippen LogP contribution in [0.2, 0.25) is 0 Å². The number of nitrogens with zero attached hydrogens (tertiary/aromatic N) is 2. The maximum atomic E-state index is 12.9. The number of halogens is 2. The Bertz CT molecular complexity index is 1130. The van der Waals surface area contributed by atoms with Gasteiger partial charge in [-0.3, -0.25) is 19.8 Å². The number of rotatable bonds is 7. The van der Waals surface area contributed by atoms with Crippen LogP contribution in [0.15, 0.2) is 50.2 Å². The van der Waals surface area contributed by atoms with E-state index >= 15 is 0 Å². The number of hydrogen-bond acceptors (Lipinski definition) is 7. The molecule has 0 radical (unpaired) electrons. The van der Waals surface area contributed by atoms with Gasteiger partial charge >= 0.3 is 0 Å². The van der Waals surface area contributed by atoms with E-state index in [0.717, 1.165) is 25.0 Å². The number of nitro groups is 1. The second-order valence-corrected chi connectivity index (χ2v) is 10.8. The van der Waals surface area contributed by atoms with Crippen molar-refractivity contribution in [3.8, 4) is 5.75 Å². The third kappa shape index (κ3) is 5.83. The average molecular weight is 614 g/mol. The fourth-order valence-corrected chi connectivity index (χ4v) is 6.24. The molecule has 4 rings (SSSR count). The van der Waals surface area contributed by atoms with E-state index in [9.17, 15) is 14.9 Å². The van der Waals surface area contributed by atoms with Crippen molar-refractivity contribution in [1.82, 2.24) is 4.90 Å². The fourth-order valence-electron chi connectivity index (χ4n) is 3.52. The van der Waals surface area contributed by atoms with E-state index in [0.29, 0.717) is 36.0 Å². The zero-order chi connectivity index (χ0) is 23.5. The van der Waals surface area contributed by atoms with Gasteiger partial charge in [-0.2, -0.15) is 0 Å². The van der Waals surface area contributed by atoms with Crippen molar-refractivity contribution in [3.05, 3.63) is 71.5 Å². The van der Waals surface area contributed by atoms with E-state index in [4.69, 9.17) is 21.7 Å². The molecule has 0 aliphatic carbocycles. The Morgan fingerprint density at radius 3 is 2.73 bits per heavy atom. The van der Waals surface area contributed by atoms with E-state index in [-0.39, 0.29) is 24.3 Å². The molecule has 0 spiro atoms. The van der Waals surface area contributed by atoms with Crippen LogP contribution in [0.5, 0.6) is 5.75 Å². The van der Waals surface area contributed by atoms with E-state index in [2.05, 4.69) is 31.9 Å². The van der Waals surface area contributed by atoms with Gasteiger partial charge in [0.25, 0.3) is 11.6 Å². The summed E-state index contributed by atoms with van der Waals surface area (Å²) in [6, 6.07) is 10.0. The Morgan fingerprint density at radius 1 is 1.30 bits per heavy atom. The monoisotopic (exact) mass is 612 g/mol. The SMILES string of the molecule is O=C1/C(=C/c2cc(Br)c(OCc3cccc([N+](=O)[O-])c3)c(Br)c2)SC(=S)N1C[C@H]1CCCO1. The molecule has 2 fully saturated rings. The first-order valence-electron chi connectivity index (χ1n) is 10.0. The highest BCUT2D eigenvalue weighted by Crippen LogP contribution is 2.38. The van der Waals surface area contributed by atoms with Gasteiger partial charge in [-0.25, -0.2) is 0 Å². The highest BCUT2D eigenvalue weighted by molar-refractivity contribution is 9.11. The summed E-state index contributed by atoms with van der Waals surface area (Å²) in [7, 11) is 0. The molecule has 0 unspecified atom stereocenters. The molecule has 2 aromatic rings. The molecule has 0 saturated carbocycles. The maximum Gasteiger partial charge on any atom is 0.269 e. The third-order valence-electron chi connectivity index (χ3n) is 5.11. The molecule has 1 atom stereocenters. The first-order chi connectivity index (χ1) is 15.8. The van der Waals surface area contributed by atoms with Gasteiger partial charge in [0.15, 0.2) is 0 Å². The third-order valence-corrected chi connectivity index (χ3v) is 7.66. The second-order valence-electron chi connectivity index (χ2n) is 7.46. The number of benzene rings is 2. The van der Waals surface area contributed by atoms with Crippen molar-refractivity contribution >= 4 is 77.8 Å². The number of hydrogen-bond donors (Lipinski definition) is 0. The lowest BCUT2D eigenvalue weighted by atomic mass is 10.2. The second kappa shape index (κ2) is 10.6. The number of non-ortho nitro benzene ring substituents is 1. The first kappa shape index (κ1) is 24.3. The lowest BCUT2D eigenvalue weighted by molar-refractivity contribution is -0.384. The molecule has 7 nitrogen and oxygen atoms in total. The van der Waals surface area contributed by atoms with Gasteiger partial charge in [0.1, 0.15) is 16.7 Å². The smallest absolute Gasteiger partial charge is 0.269 e. The summed E-state index contributed by atoms with van der Waals surface area (Å²) < 4.78 is 13.4. The first-order valence-corrected chi connectivity index (χ1v) is 12.8. The predicted octanol–water partition coefficient (Wildman–Crippen LogP) is 6.08. The summed E-state index contributed by atoms with van der Waals surface area (Å²) in [5, 5.41) is 11.0. The number of carbonyl (C=O) groups is 1. The molecule has 11 heteroatoms.